The van der Waals surface area contributed by atoms with E-state index in [2.05, 4.69) is 62.5 Å². The summed E-state index contributed by atoms with van der Waals surface area (Å²) < 4.78 is 33.2. The average molecular weight is 1260 g/mol. The van der Waals surface area contributed by atoms with Crippen LogP contribution in [-0.4, -0.2) is 49.3 Å². The predicted octanol–water partition coefficient (Wildman–Crippen LogP) is 25.6. The Hall–Kier alpha value is -2.03. The second-order valence-corrected chi connectivity index (χ2v) is 27.7. The van der Waals surface area contributed by atoms with Crippen molar-refractivity contribution in [2.45, 2.75) is 412 Å². The number of hydrogen-bond acceptors (Lipinski definition) is 8. The molecule has 0 rings (SSSR count). The third-order valence-corrected chi connectivity index (χ3v) is 18.5. The highest BCUT2D eigenvalue weighted by molar-refractivity contribution is 7.47. The third kappa shape index (κ3) is 73.0. The van der Waals surface area contributed by atoms with Crippen LogP contribution in [0.1, 0.15) is 406 Å². The molecule has 0 aromatic heterocycles. The van der Waals surface area contributed by atoms with Crippen LogP contribution < -0.4 is 5.73 Å². The molecule has 0 aromatic rings. The van der Waals surface area contributed by atoms with Crippen molar-refractivity contribution in [3.8, 4) is 0 Å². The van der Waals surface area contributed by atoms with Crippen LogP contribution in [0.3, 0.4) is 0 Å². The van der Waals surface area contributed by atoms with Gasteiger partial charge in [-0.2, -0.15) is 0 Å². The zero-order valence-corrected chi connectivity index (χ0v) is 59.4. The fourth-order valence-corrected chi connectivity index (χ4v) is 12.6. The topological polar surface area (TPSA) is 134 Å². The van der Waals surface area contributed by atoms with Crippen molar-refractivity contribution < 1.29 is 37.6 Å². The SMILES string of the molecule is CC/C=C\C/C=C\C/C=C\C/C=C\CCCCCCCCCCCCCCCCCCC(=O)OC(COC(=O)CCCCCCCCCCCCCCCCCCCCCCCCCCCCCCCCCCCCCCCC)COP(=O)(O)OCCN. The summed E-state index contributed by atoms with van der Waals surface area (Å²) in [6, 6.07) is 0. The van der Waals surface area contributed by atoms with Crippen molar-refractivity contribution in [1.82, 2.24) is 0 Å². The van der Waals surface area contributed by atoms with E-state index in [0.29, 0.717) is 6.42 Å². The average Bonchev–Trinajstić information content (AvgIpc) is 3.60. The Kier molecular flexibility index (Phi) is 72.3. The van der Waals surface area contributed by atoms with Crippen LogP contribution in [0, 0.1) is 0 Å². The number of carbonyl (C=O) groups excluding carboxylic acids is 2. The maximum atomic E-state index is 12.8. The van der Waals surface area contributed by atoms with Crippen molar-refractivity contribution >= 4 is 19.8 Å². The number of unbranched alkanes of at least 4 members (excludes halogenated alkanes) is 53. The molecule has 0 fully saturated rings. The Morgan fingerprint density at radius 2 is 0.625 bits per heavy atom. The summed E-state index contributed by atoms with van der Waals surface area (Å²) in [4.78, 5) is 35.4. The van der Waals surface area contributed by atoms with Crippen LogP contribution >= 0.6 is 7.82 Å². The summed E-state index contributed by atoms with van der Waals surface area (Å²) in [5.41, 5.74) is 5.41. The number of phosphoric ester groups is 1. The number of rotatable bonds is 74. The largest absolute Gasteiger partial charge is 0.472 e. The molecule has 0 aliphatic rings. The Morgan fingerprint density at radius 3 is 0.932 bits per heavy atom. The van der Waals surface area contributed by atoms with Crippen LogP contribution in [0.25, 0.3) is 0 Å². The minimum absolute atomic E-state index is 0.0552. The number of phosphoric acid groups is 1. The van der Waals surface area contributed by atoms with Gasteiger partial charge in [-0.1, -0.05) is 390 Å². The first-order valence-electron chi connectivity index (χ1n) is 38.6. The van der Waals surface area contributed by atoms with Gasteiger partial charge < -0.3 is 20.1 Å². The van der Waals surface area contributed by atoms with Gasteiger partial charge in [-0.05, 0) is 51.4 Å². The van der Waals surface area contributed by atoms with Gasteiger partial charge in [0.25, 0.3) is 0 Å². The van der Waals surface area contributed by atoms with Crippen molar-refractivity contribution in [1.29, 1.82) is 0 Å². The zero-order chi connectivity index (χ0) is 63.7. The fourth-order valence-electron chi connectivity index (χ4n) is 11.8. The van der Waals surface area contributed by atoms with Gasteiger partial charge in [-0.15, -0.1) is 0 Å². The van der Waals surface area contributed by atoms with E-state index >= 15 is 0 Å². The number of nitrogens with two attached hydrogens (primary N) is 1. The standard InChI is InChI=1S/C78H148NO8P/c1-3-5-7-9-11-13-15-17-19-21-23-25-27-29-31-33-34-35-36-37-38-39-40-41-43-44-46-48-50-52-54-56-58-60-62-64-66-68-70-77(80)84-74-76(75-86-88(82,83)85-73-72-79)87-78(81)71-69-67-65-63-61-59-57-55-53-51-49-47-45-42-32-30-28-26-24-22-20-18-16-14-12-10-8-6-4-2/h6,8,12,14,18,20,24,26,76H,3-5,7,9-11,13,15-17,19,21-23,25,27-75,79H2,1-2H3,(H,82,83)/b8-6-,14-12-,20-18-,26-24-. The molecule has 0 saturated heterocycles. The Balaban J connectivity index is 3.75. The van der Waals surface area contributed by atoms with Crippen LogP contribution in [0.4, 0.5) is 0 Å². The summed E-state index contributed by atoms with van der Waals surface area (Å²) in [5, 5.41) is 0. The molecule has 0 saturated carbocycles. The summed E-state index contributed by atoms with van der Waals surface area (Å²) >= 11 is 0. The molecule has 10 heteroatoms. The molecule has 0 heterocycles. The lowest BCUT2D eigenvalue weighted by molar-refractivity contribution is -0.161. The third-order valence-electron chi connectivity index (χ3n) is 17.5. The molecule has 0 radical (unpaired) electrons. The molecular weight excluding hydrogens is 1110 g/mol. The van der Waals surface area contributed by atoms with Gasteiger partial charge >= 0.3 is 19.8 Å². The number of hydrogen-bond donors (Lipinski definition) is 2. The maximum absolute atomic E-state index is 12.8. The number of esters is 2. The second kappa shape index (κ2) is 74.0. The summed E-state index contributed by atoms with van der Waals surface area (Å²) in [6.07, 6.45) is 95.4. The Labute approximate surface area is 547 Å². The lowest BCUT2D eigenvalue weighted by atomic mass is 10.0. The normalized spacial score (nSPS) is 13.1. The number of ether oxygens (including phenoxy) is 2. The van der Waals surface area contributed by atoms with E-state index in [-0.39, 0.29) is 38.6 Å². The van der Waals surface area contributed by atoms with E-state index in [9.17, 15) is 19.0 Å². The summed E-state index contributed by atoms with van der Waals surface area (Å²) in [7, 11) is -4.39. The van der Waals surface area contributed by atoms with Gasteiger partial charge in [0.15, 0.2) is 6.10 Å². The lowest BCUT2D eigenvalue weighted by Gasteiger charge is -2.19. The Bertz CT molecular complexity index is 1580. The van der Waals surface area contributed by atoms with Crippen LogP contribution in [-0.2, 0) is 32.7 Å². The van der Waals surface area contributed by atoms with Crippen LogP contribution in [0.2, 0.25) is 0 Å². The molecule has 0 aliphatic heterocycles. The molecule has 88 heavy (non-hydrogen) atoms. The first-order chi connectivity index (χ1) is 43.3. The number of allylic oxidation sites excluding steroid dienone is 8. The van der Waals surface area contributed by atoms with Gasteiger partial charge in [0.2, 0.25) is 0 Å². The lowest BCUT2D eigenvalue weighted by Crippen LogP contribution is -2.29. The highest BCUT2D eigenvalue weighted by Crippen LogP contribution is 2.43. The van der Waals surface area contributed by atoms with Crippen molar-refractivity contribution in [2.75, 3.05) is 26.4 Å². The Morgan fingerprint density at radius 1 is 0.352 bits per heavy atom. The van der Waals surface area contributed by atoms with E-state index in [1.165, 1.54) is 308 Å². The van der Waals surface area contributed by atoms with E-state index < -0.39 is 26.5 Å². The van der Waals surface area contributed by atoms with Gasteiger partial charge in [-0.3, -0.25) is 18.6 Å². The molecular formula is C78H148NO8P. The van der Waals surface area contributed by atoms with Gasteiger partial charge in [0.1, 0.15) is 6.61 Å². The summed E-state index contributed by atoms with van der Waals surface area (Å²) in [5.74, 6) is -0.806. The van der Waals surface area contributed by atoms with Gasteiger partial charge in [0, 0.05) is 19.4 Å². The molecule has 518 valence electrons. The van der Waals surface area contributed by atoms with E-state index in [1.807, 2.05) is 0 Å². The predicted molar refractivity (Wildman–Crippen MR) is 381 cm³/mol. The van der Waals surface area contributed by atoms with Gasteiger partial charge in [0.05, 0.1) is 13.2 Å². The molecule has 0 bridgehead atoms. The molecule has 0 aliphatic carbocycles. The molecule has 2 unspecified atom stereocenters. The van der Waals surface area contributed by atoms with Gasteiger partial charge in [-0.25, -0.2) is 4.57 Å². The molecule has 0 aromatic carbocycles. The molecule has 2 atom stereocenters. The van der Waals surface area contributed by atoms with E-state index in [4.69, 9.17) is 24.3 Å². The first-order valence-corrected chi connectivity index (χ1v) is 40.1. The summed E-state index contributed by atoms with van der Waals surface area (Å²) in [6.45, 7) is 3.71. The monoisotopic (exact) mass is 1260 g/mol. The molecule has 0 spiro atoms. The van der Waals surface area contributed by atoms with Crippen molar-refractivity contribution in [3.05, 3.63) is 48.6 Å². The molecule has 9 nitrogen and oxygen atoms in total. The molecule has 0 amide bonds. The highest BCUT2D eigenvalue weighted by atomic mass is 31.2. The minimum Gasteiger partial charge on any atom is -0.462 e. The van der Waals surface area contributed by atoms with Crippen molar-refractivity contribution in [3.63, 3.8) is 0 Å². The fraction of sp³-hybridized carbons (Fsp3) is 0.872. The highest BCUT2D eigenvalue weighted by Gasteiger charge is 2.26. The number of carbonyl (C=O) groups is 2. The van der Waals surface area contributed by atoms with Crippen molar-refractivity contribution in [2.24, 2.45) is 5.73 Å². The van der Waals surface area contributed by atoms with Crippen LogP contribution in [0.5, 0.6) is 0 Å². The minimum atomic E-state index is -4.39. The second-order valence-electron chi connectivity index (χ2n) is 26.2. The van der Waals surface area contributed by atoms with Crippen LogP contribution in [0.15, 0.2) is 48.6 Å². The quantitative estimate of drug-likeness (QED) is 0.0264. The zero-order valence-electron chi connectivity index (χ0n) is 58.5. The first kappa shape index (κ1) is 86.0. The molecule has 3 N–H and O–H groups in total. The van der Waals surface area contributed by atoms with E-state index in [0.717, 1.165) is 64.2 Å². The smallest absolute Gasteiger partial charge is 0.462 e. The van der Waals surface area contributed by atoms with E-state index in [1.54, 1.807) is 0 Å². The maximum Gasteiger partial charge on any atom is 0.472 e.